The second-order valence-corrected chi connectivity index (χ2v) is 9.15. The molecule has 2 aromatic heterocycles. The number of aromatic nitrogens is 3. The van der Waals surface area contributed by atoms with Gasteiger partial charge in [-0.15, -0.1) is 0 Å². The topological polar surface area (TPSA) is 76.9 Å². The van der Waals surface area contributed by atoms with Crippen molar-refractivity contribution >= 4 is 71.0 Å². The predicted octanol–water partition coefficient (Wildman–Crippen LogP) is 4.79. The molecule has 0 spiro atoms. The molecule has 1 radical (unpaired) electrons. The first kappa shape index (κ1) is 21.1. The van der Waals surface area contributed by atoms with Crippen LogP contribution in [0.25, 0.3) is 5.82 Å². The van der Waals surface area contributed by atoms with E-state index in [2.05, 4.69) is 31.3 Å². The van der Waals surface area contributed by atoms with Crippen molar-refractivity contribution in [2.45, 2.75) is 12.6 Å². The average molecular weight is 543 g/mol. The molecule has 28 heavy (non-hydrogen) atoms. The molecule has 1 aromatic carbocycles. The van der Waals surface area contributed by atoms with E-state index >= 15 is 0 Å². The standard InChI is InChI=1S/C18H13AsBrCl2N4O2/c1-9-6-10(21)7-11(16(27)19-2)15(9)24-18(28)13-8-14(20)25-26(13)17-12(22)4-3-5-23-17/h3-8H,1-2H3,(H,24,28). The quantitative estimate of drug-likeness (QED) is 0.470. The molecule has 1 amide bonds. The minimum absolute atomic E-state index is 0.0281. The van der Waals surface area contributed by atoms with Gasteiger partial charge in [-0.25, -0.2) is 0 Å². The number of rotatable bonds is 5. The Kier molecular flexibility index (Phi) is 6.61. The molecule has 0 atom stereocenters. The van der Waals surface area contributed by atoms with Gasteiger partial charge in [0.2, 0.25) is 0 Å². The van der Waals surface area contributed by atoms with Crippen molar-refractivity contribution in [1.29, 1.82) is 0 Å². The van der Waals surface area contributed by atoms with Gasteiger partial charge in [-0.3, -0.25) is 0 Å². The molecule has 3 aromatic rings. The Hall–Kier alpha value is -1.66. The number of nitrogens with zero attached hydrogens (tertiary/aromatic N) is 3. The second-order valence-electron chi connectivity index (χ2n) is 5.70. The summed E-state index contributed by atoms with van der Waals surface area (Å²) in [6.45, 7) is 1.78. The molecule has 1 N–H and O–H groups in total. The van der Waals surface area contributed by atoms with E-state index in [1.807, 2.05) is 5.71 Å². The third kappa shape index (κ3) is 4.33. The van der Waals surface area contributed by atoms with Gasteiger partial charge in [-0.05, 0) is 0 Å². The fourth-order valence-electron chi connectivity index (χ4n) is 2.58. The number of carbonyl (C=O) groups is 2. The first-order valence-corrected chi connectivity index (χ1v) is 12.3. The zero-order valence-corrected chi connectivity index (χ0v) is 19.7. The van der Waals surface area contributed by atoms with Crippen LogP contribution >= 0.6 is 39.1 Å². The summed E-state index contributed by atoms with van der Waals surface area (Å²) in [7, 11) is 0. The summed E-state index contributed by atoms with van der Waals surface area (Å²) in [5.41, 5.74) is 3.59. The van der Waals surface area contributed by atoms with Gasteiger partial charge in [0.05, 0.1) is 0 Å². The molecule has 0 aliphatic heterocycles. The van der Waals surface area contributed by atoms with E-state index in [4.69, 9.17) is 23.2 Å². The van der Waals surface area contributed by atoms with Gasteiger partial charge >= 0.3 is 187 Å². The van der Waals surface area contributed by atoms with E-state index in [-0.39, 0.29) is 10.3 Å². The molecule has 0 aliphatic carbocycles. The Balaban J connectivity index is 2.05. The van der Waals surface area contributed by atoms with Gasteiger partial charge < -0.3 is 0 Å². The van der Waals surface area contributed by atoms with Crippen molar-refractivity contribution in [1.82, 2.24) is 14.8 Å². The Labute approximate surface area is 186 Å². The van der Waals surface area contributed by atoms with Crippen LogP contribution in [0.2, 0.25) is 15.8 Å². The number of halogens is 3. The van der Waals surface area contributed by atoms with Gasteiger partial charge in [-0.2, -0.15) is 0 Å². The summed E-state index contributed by atoms with van der Waals surface area (Å²) in [6, 6.07) is 8.17. The molecule has 0 bridgehead atoms. The Morgan fingerprint density at radius 1 is 1.25 bits per heavy atom. The molecule has 0 unspecified atom stereocenters. The fourth-order valence-corrected chi connectivity index (χ4v) is 4.31. The number of hydrogen-bond donors (Lipinski definition) is 1. The van der Waals surface area contributed by atoms with Crippen molar-refractivity contribution in [3.05, 3.63) is 68.0 Å². The van der Waals surface area contributed by atoms with Crippen molar-refractivity contribution in [3.63, 3.8) is 0 Å². The summed E-state index contributed by atoms with van der Waals surface area (Å²) < 4.78 is 1.77. The van der Waals surface area contributed by atoms with Crippen LogP contribution in [0.5, 0.6) is 0 Å². The molecule has 10 heteroatoms. The van der Waals surface area contributed by atoms with E-state index in [1.165, 1.54) is 4.68 Å². The summed E-state index contributed by atoms with van der Waals surface area (Å²) in [5.74, 6) is -0.130. The summed E-state index contributed by atoms with van der Waals surface area (Å²) in [4.78, 5) is 29.6. The zero-order chi connectivity index (χ0) is 20.4. The predicted molar refractivity (Wildman–Crippen MR) is 114 cm³/mol. The summed E-state index contributed by atoms with van der Waals surface area (Å²) in [6.07, 6.45) is 1.56. The molecule has 2 heterocycles. The van der Waals surface area contributed by atoms with Crippen LogP contribution in [0.3, 0.4) is 0 Å². The minimum atomic E-state index is -0.556. The second kappa shape index (κ2) is 8.78. The van der Waals surface area contributed by atoms with E-state index in [1.54, 1.807) is 43.5 Å². The van der Waals surface area contributed by atoms with Crippen LogP contribution in [0.4, 0.5) is 5.69 Å². The molecule has 3 rings (SSSR count). The van der Waals surface area contributed by atoms with Crippen LogP contribution in [0.1, 0.15) is 26.4 Å². The maximum absolute atomic E-state index is 13.0. The first-order valence-electron chi connectivity index (χ1n) is 7.94. The van der Waals surface area contributed by atoms with Gasteiger partial charge in [0.1, 0.15) is 0 Å². The number of aryl methyl sites for hydroxylation is 1. The first-order chi connectivity index (χ1) is 13.3. The molecular formula is C18H13AsBrCl2N4O2. The van der Waals surface area contributed by atoms with Crippen LogP contribution in [0, 0.1) is 6.92 Å². The average Bonchev–Trinajstić information content (AvgIpc) is 3.05. The third-order valence-electron chi connectivity index (χ3n) is 3.82. The monoisotopic (exact) mass is 541 g/mol. The number of benzene rings is 1. The number of hydrogen-bond acceptors (Lipinski definition) is 4. The van der Waals surface area contributed by atoms with Crippen LogP contribution in [-0.4, -0.2) is 41.0 Å². The van der Waals surface area contributed by atoms with Gasteiger partial charge in [0, 0.05) is 0 Å². The Morgan fingerprint density at radius 3 is 2.68 bits per heavy atom. The molecule has 143 valence electrons. The number of nitrogens with one attached hydrogen (secondary N) is 1. The molecule has 0 saturated heterocycles. The van der Waals surface area contributed by atoms with Gasteiger partial charge in [0.25, 0.3) is 0 Å². The maximum atomic E-state index is 13.0. The number of pyridine rings is 1. The summed E-state index contributed by atoms with van der Waals surface area (Å²) >= 11 is 15.0. The van der Waals surface area contributed by atoms with E-state index in [0.29, 0.717) is 37.3 Å². The normalized spacial score (nSPS) is 11.2. The van der Waals surface area contributed by atoms with Crippen molar-refractivity contribution < 1.29 is 9.59 Å². The van der Waals surface area contributed by atoms with Crippen LogP contribution in [-0.2, 0) is 0 Å². The molecule has 0 fully saturated rings. The molecule has 0 aliphatic rings. The van der Waals surface area contributed by atoms with Crippen LogP contribution in [0.15, 0.2) is 41.1 Å². The number of anilines is 1. The molecular weight excluding hydrogens is 530 g/mol. The molecule has 6 nitrogen and oxygen atoms in total. The van der Waals surface area contributed by atoms with E-state index in [0.717, 1.165) is 0 Å². The van der Waals surface area contributed by atoms with Gasteiger partial charge in [0.15, 0.2) is 0 Å². The van der Waals surface area contributed by atoms with E-state index in [9.17, 15) is 9.59 Å². The molecule has 0 saturated carbocycles. The fraction of sp³-hybridized carbons (Fsp3) is 0.111. The third-order valence-corrected chi connectivity index (χ3v) is 6.08. The van der Waals surface area contributed by atoms with Gasteiger partial charge in [-0.1, -0.05) is 0 Å². The van der Waals surface area contributed by atoms with Crippen LogP contribution < -0.4 is 5.32 Å². The SMILES string of the molecule is C[As]C(=O)c1cc(Cl)cc(C)c1NC(=O)c1cc(Br)nn1-c1ncccc1Cl. The zero-order valence-electron chi connectivity index (χ0n) is 14.7. The number of carbonyl (C=O) groups excluding carboxylic acids is 2. The number of amides is 1. The Bertz CT molecular complexity index is 1090. The van der Waals surface area contributed by atoms with Crippen molar-refractivity contribution in [3.8, 4) is 5.82 Å². The summed E-state index contributed by atoms with van der Waals surface area (Å²) in [5, 5.41) is 7.88. The van der Waals surface area contributed by atoms with Crippen molar-refractivity contribution in [2.24, 2.45) is 0 Å². The van der Waals surface area contributed by atoms with Crippen molar-refractivity contribution in [2.75, 3.05) is 5.32 Å². The Morgan fingerprint density at radius 2 is 2.00 bits per heavy atom. The van der Waals surface area contributed by atoms with E-state index < -0.39 is 21.7 Å².